The highest BCUT2D eigenvalue weighted by molar-refractivity contribution is 7.20. The minimum atomic E-state index is -1.40. The van der Waals surface area contributed by atoms with Gasteiger partial charge in [0.2, 0.25) is 6.10 Å². The Morgan fingerprint density at radius 2 is 1.86 bits per heavy atom. The number of aromatic amines is 1. The summed E-state index contributed by atoms with van der Waals surface area (Å²) in [5.41, 5.74) is 0.748. The summed E-state index contributed by atoms with van der Waals surface area (Å²) < 4.78 is 5.61. The first-order chi connectivity index (χ1) is 16.7. The molecule has 2 aromatic heterocycles. The van der Waals surface area contributed by atoms with Crippen molar-refractivity contribution < 1.29 is 19.2 Å². The van der Waals surface area contributed by atoms with E-state index in [4.69, 9.17) is 4.74 Å². The van der Waals surface area contributed by atoms with E-state index >= 15 is 0 Å². The molecular weight excluding hydrogens is 472 g/mol. The van der Waals surface area contributed by atoms with Gasteiger partial charge in [-0.15, -0.1) is 11.3 Å². The van der Waals surface area contributed by atoms with Crippen molar-refractivity contribution in [3.63, 3.8) is 0 Å². The fraction of sp³-hybridized carbons (Fsp3) is 0.167. The lowest BCUT2D eigenvalue weighted by molar-refractivity contribution is -0.384. The molecule has 0 saturated carbocycles. The van der Waals surface area contributed by atoms with Gasteiger partial charge in [0, 0.05) is 11.6 Å². The number of rotatable bonds is 6. The van der Waals surface area contributed by atoms with Gasteiger partial charge in [-0.05, 0) is 38.0 Å². The van der Waals surface area contributed by atoms with Crippen LogP contribution in [0.5, 0.6) is 0 Å². The van der Waals surface area contributed by atoms with Gasteiger partial charge in [0.1, 0.15) is 21.2 Å². The van der Waals surface area contributed by atoms with Gasteiger partial charge in [0.25, 0.3) is 17.2 Å². The summed E-state index contributed by atoms with van der Waals surface area (Å²) in [6, 6.07) is 12.7. The average Bonchev–Trinajstić information content (AvgIpc) is 3.15. The molecule has 35 heavy (non-hydrogen) atoms. The van der Waals surface area contributed by atoms with Crippen LogP contribution < -0.4 is 10.9 Å². The SMILES string of the molecule is Cc1ccc(NC(=O)C(OC(=O)c2sc3nc(C)[nH]c(=O)c3c2C)c2ccccc2)c([N+](=O)[O-])c1. The quantitative estimate of drug-likeness (QED) is 0.231. The number of carbonyl (C=O) groups is 2. The number of fused-ring (bicyclic) bond motifs is 1. The van der Waals surface area contributed by atoms with E-state index < -0.39 is 22.9 Å². The zero-order chi connectivity index (χ0) is 25.3. The third kappa shape index (κ3) is 4.80. The molecule has 1 atom stereocenters. The molecule has 0 saturated heterocycles. The fourth-order valence-corrected chi connectivity index (χ4v) is 4.71. The highest BCUT2D eigenvalue weighted by atomic mass is 32.1. The molecule has 0 fully saturated rings. The maximum absolute atomic E-state index is 13.2. The van der Waals surface area contributed by atoms with Gasteiger partial charge in [0.15, 0.2) is 0 Å². The van der Waals surface area contributed by atoms with E-state index in [1.807, 2.05) is 0 Å². The van der Waals surface area contributed by atoms with Crippen LogP contribution >= 0.6 is 11.3 Å². The second-order valence-corrected chi connectivity index (χ2v) is 8.85. The number of nitrogens with one attached hydrogen (secondary N) is 2. The second kappa shape index (κ2) is 9.47. The standard InChI is InChI=1S/C24H20N4O6S/c1-12-9-10-16(17(11-12)28(32)33)27-22(30)19(15-7-5-4-6-8-15)34-24(31)20-13(2)18-21(29)25-14(3)26-23(18)35-20/h4-11,19H,1-3H3,(H,27,30)(H,25,26,29). The van der Waals surface area contributed by atoms with Crippen LogP contribution in [0.3, 0.4) is 0 Å². The van der Waals surface area contributed by atoms with Gasteiger partial charge in [-0.2, -0.15) is 0 Å². The van der Waals surface area contributed by atoms with Gasteiger partial charge < -0.3 is 15.0 Å². The zero-order valence-corrected chi connectivity index (χ0v) is 19.8. The molecule has 2 aromatic carbocycles. The number of aromatic nitrogens is 2. The van der Waals surface area contributed by atoms with Crippen LogP contribution in [0.15, 0.2) is 53.3 Å². The van der Waals surface area contributed by atoms with Crippen LogP contribution in [-0.4, -0.2) is 26.8 Å². The van der Waals surface area contributed by atoms with Crippen molar-refractivity contribution >= 4 is 44.8 Å². The van der Waals surface area contributed by atoms with Crippen LogP contribution in [0.25, 0.3) is 10.2 Å². The Kier molecular flexibility index (Phi) is 6.43. The van der Waals surface area contributed by atoms with Crippen LogP contribution in [0, 0.1) is 30.9 Å². The maximum atomic E-state index is 13.2. The summed E-state index contributed by atoms with van der Waals surface area (Å²) in [5, 5.41) is 14.3. The van der Waals surface area contributed by atoms with Crippen molar-refractivity contribution in [1.29, 1.82) is 0 Å². The first-order valence-electron chi connectivity index (χ1n) is 10.5. The first-order valence-corrected chi connectivity index (χ1v) is 11.3. The third-order valence-electron chi connectivity index (χ3n) is 5.28. The predicted molar refractivity (Wildman–Crippen MR) is 131 cm³/mol. The number of hydrogen-bond acceptors (Lipinski definition) is 8. The molecule has 2 N–H and O–H groups in total. The molecule has 4 rings (SSSR count). The number of nitro benzene ring substituents is 1. The van der Waals surface area contributed by atoms with E-state index in [0.29, 0.717) is 27.3 Å². The lowest BCUT2D eigenvalue weighted by Gasteiger charge is -2.18. The maximum Gasteiger partial charge on any atom is 0.349 e. The summed E-state index contributed by atoms with van der Waals surface area (Å²) in [5.74, 6) is -1.17. The molecule has 0 aliphatic heterocycles. The van der Waals surface area contributed by atoms with E-state index in [9.17, 15) is 24.5 Å². The molecule has 1 amide bonds. The molecule has 178 valence electrons. The van der Waals surface area contributed by atoms with Crippen LogP contribution in [0.2, 0.25) is 0 Å². The number of benzene rings is 2. The van der Waals surface area contributed by atoms with Gasteiger partial charge in [-0.25, -0.2) is 9.78 Å². The Hall–Kier alpha value is -4.38. The van der Waals surface area contributed by atoms with Crippen LogP contribution in [-0.2, 0) is 9.53 Å². The Morgan fingerprint density at radius 3 is 2.54 bits per heavy atom. The molecule has 0 bridgehead atoms. The molecule has 4 aromatic rings. The molecule has 11 heteroatoms. The fourth-order valence-electron chi connectivity index (χ4n) is 3.60. The van der Waals surface area contributed by atoms with Gasteiger partial charge in [-0.1, -0.05) is 36.4 Å². The number of carbonyl (C=O) groups excluding carboxylic acids is 2. The molecule has 2 heterocycles. The van der Waals surface area contributed by atoms with Crippen molar-refractivity contribution in [2.75, 3.05) is 5.32 Å². The monoisotopic (exact) mass is 492 g/mol. The molecule has 0 aliphatic rings. The smallest absolute Gasteiger partial charge is 0.349 e. The second-order valence-electron chi connectivity index (χ2n) is 7.85. The zero-order valence-electron chi connectivity index (χ0n) is 18.9. The number of esters is 1. The van der Waals surface area contributed by atoms with Gasteiger partial charge in [0.05, 0.1) is 10.3 Å². The number of anilines is 1. The Morgan fingerprint density at radius 1 is 1.14 bits per heavy atom. The largest absolute Gasteiger partial charge is 0.443 e. The number of nitro groups is 1. The molecule has 1 unspecified atom stereocenters. The Balaban J connectivity index is 1.69. The van der Waals surface area contributed by atoms with Crippen molar-refractivity contribution in [1.82, 2.24) is 9.97 Å². The summed E-state index contributed by atoms with van der Waals surface area (Å²) in [7, 11) is 0. The Bertz CT molecular complexity index is 1530. The molecule has 10 nitrogen and oxygen atoms in total. The van der Waals surface area contributed by atoms with Crippen molar-refractivity contribution in [3.05, 3.63) is 96.4 Å². The van der Waals surface area contributed by atoms with E-state index in [1.165, 1.54) is 12.1 Å². The number of hydrogen-bond donors (Lipinski definition) is 2. The predicted octanol–water partition coefficient (Wildman–Crippen LogP) is 4.35. The minimum absolute atomic E-state index is 0.0215. The highest BCUT2D eigenvalue weighted by Gasteiger charge is 2.30. The number of ether oxygens (including phenoxy) is 1. The number of amides is 1. The third-order valence-corrected chi connectivity index (χ3v) is 6.44. The number of H-pyrrole nitrogens is 1. The minimum Gasteiger partial charge on any atom is -0.443 e. The number of aryl methyl sites for hydroxylation is 3. The number of nitrogens with zero attached hydrogens (tertiary/aromatic N) is 2. The highest BCUT2D eigenvalue weighted by Crippen LogP contribution is 2.31. The molecular formula is C24H20N4O6S. The molecule has 0 spiro atoms. The molecule has 0 radical (unpaired) electrons. The van der Waals surface area contributed by atoms with Gasteiger partial charge in [-0.3, -0.25) is 19.7 Å². The normalized spacial score (nSPS) is 11.7. The lowest BCUT2D eigenvalue weighted by Crippen LogP contribution is -2.26. The summed E-state index contributed by atoms with van der Waals surface area (Å²) in [6.45, 7) is 4.94. The van der Waals surface area contributed by atoms with Crippen molar-refractivity contribution in [2.45, 2.75) is 26.9 Å². The topological polar surface area (TPSA) is 144 Å². The van der Waals surface area contributed by atoms with Crippen LogP contribution in [0.4, 0.5) is 11.4 Å². The van der Waals surface area contributed by atoms with E-state index in [0.717, 1.165) is 11.3 Å². The van der Waals surface area contributed by atoms with E-state index in [2.05, 4.69) is 15.3 Å². The van der Waals surface area contributed by atoms with E-state index in [-0.39, 0.29) is 27.2 Å². The Labute approximate surface area is 202 Å². The average molecular weight is 493 g/mol. The van der Waals surface area contributed by atoms with Crippen molar-refractivity contribution in [3.8, 4) is 0 Å². The summed E-state index contributed by atoms with van der Waals surface area (Å²) in [6.07, 6.45) is -1.40. The van der Waals surface area contributed by atoms with Crippen molar-refractivity contribution in [2.24, 2.45) is 0 Å². The summed E-state index contributed by atoms with van der Waals surface area (Å²) >= 11 is 0.994. The molecule has 0 aliphatic carbocycles. The van der Waals surface area contributed by atoms with E-state index in [1.54, 1.807) is 57.2 Å². The number of thiophene rings is 1. The lowest BCUT2D eigenvalue weighted by atomic mass is 10.1. The first kappa shape index (κ1) is 23.8. The van der Waals surface area contributed by atoms with Gasteiger partial charge >= 0.3 is 5.97 Å². The summed E-state index contributed by atoms with van der Waals surface area (Å²) in [4.78, 5) is 57.0. The van der Waals surface area contributed by atoms with Crippen LogP contribution in [0.1, 0.15) is 38.3 Å².